The second-order valence-electron chi connectivity index (χ2n) is 7.19. The van der Waals surface area contributed by atoms with Gasteiger partial charge in [0, 0.05) is 12.7 Å². The molecule has 0 aliphatic rings. The molecule has 0 bridgehead atoms. The summed E-state index contributed by atoms with van der Waals surface area (Å²) in [5.74, 6) is -1.12. The largest absolute Gasteiger partial charge is 0.462 e. The highest BCUT2D eigenvalue weighted by Gasteiger charge is 2.20. The SMILES string of the molecule is CCCn1c(=NC(=O)c2cccs2)c(C(=O)OCC)cc2c(=O)n3cccc(C)c3nc21. The molecule has 0 aliphatic heterocycles. The smallest absolute Gasteiger partial charge is 0.341 e. The van der Waals surface area contributed by atoms with Crippen molar-refractivity contribution >= 4 is 39.9 Å². The number of ether oxygens (including phenoxy) is 1. The van der Waals surface area contributed by atoms with Crippen LogP contribution >= 0.6 is 11.3 Å². The van der Waals surface area contributed by atoms with Crippen molar-refractivity contribution in [3.8, 4) is 0 Å². The molecule has 0 spiro atoms. The van der Waals surface area contributed by atoms with Crippen LogP contribution in [-0.2, 0) is 11.3 Å². The van der Waals surface area contributed by atoms with Crippen molar-refractivity contribution < 1.29 is 14.3 Å². The van der Waals surface area contributed by atoms with Gasteiger partial charge in [0.25, 0.3) is 11.5 Å². The van der Waals surface area contributed by atoms with Crippen LogP contribution in [0.2, 0.25) is 0 Å². The number of carbonyl (C=O) groups excluding carboxylic acids is 2. The number of hydrogen-bond acceptors (Lipinski definition) is 6. The van der Waals surface area contributed by atoms with Crippen LogP contribution < -0.4 is 11.0 Å². The molecule has 0 aliphatic carbocycles. The minimum atomic E-state index is -0.647. The molecule has 0 saturated heterocycles. The molecule has 0 fully saturated rings. The molecule has 0 atom stereocenters. The first-order chi connectivity index (χ1) is 15.5. The molecule has 0 unspecified atom stereocenters. The monoisotopic (exact) mass is 450 g/mol. The van der Waals surface area contributed by atoms with Gasteiger partial charge < -0.3 is 9.30 Å². The summed E-state index contributed by atoms with van der Waals surface area (Å²) in [6.45, 7) is 6.08. The summed E-state index contributed by atoms with van der Waals surface area (Å²) < 4.78 is 8.34. The Labute approximate surface area is 187 Å². The van der Waals surface area contributed by atoms with Crippen molar-refractivity contribution in [2.45, 2.75) is 33.7 Å². The molecular weight excluding hydrogens is 428 g/mol. The lowest BCUT2D eigenvalue weighted by molar-refractivity contribution is 0.0523. The number of amides is 1. The van der Waals surface area contributed by atoms with E-state index in [4.69, 9.17) is 9.72 Å². The third kappa shape index (κ3) is 3.75. The molecule has 164 valence electrons. The van der Waals surface area contributed by atoms with Gasteiger partial charge in [0.05, 0.1) is 16.9 Å². The first-order valence-corrected chi connectivity index (χ1v) is 11.2. The van der Waals surface area contributed by atoms with Crippen LogP contribution in [0.15, 0.2) is 51.7 Å². The third-order valence-corrected chi connectivity index (χ3v) is 5.84. The van der Waals surface area contributed by atoms with Crippen molar-refractivity contribution in [2.75, 3.05) is 6.61 Å². The van der Waals surface area contributed by atoms with Crippen LogP contribution in [0.4, 0.5) is 0 Å². The summed E-state index contributed by atoms with van der Waals surface area (Å²) in [5.41, 5.74) is 1.61. The number of hydrogen-bond donors (Lipinski definition) is 0. The van der Waals surface area contributed by atoms with Gasteiger partial charge in [-0.3, -0.25) is 14.0 Å². The van der Waals surface area contributed by atoms with Crippen LogP contribution in [-0.4, -0.2) is 32.4 Å². The molecule has 4 aromatic rings. The van der Waals surface area contributed by atoms with Crippen molar-refractivity contribution in [1.82, 2.24) is 14.0 Å². The normalized spacial score (nSPS) is 11.9. The van der Waals surface area contributed by atoms with E-state index in [1.54, 1.807) is 41.3 Å². The minimum absolute atomic E-state index is 0.0595. The molecule has 0 saturated carbocycles. The number of thiophene rings is 1. The fourth-order valence-corrected chi connectivity index (χ4v) is 4.16. The van der Waals surface area contributed by atoms with E-state index in [1.165, 1.54) is 21.8 Å². The Morgan fingerprint density at radius 2 is 2.00 bits per heavy atom. The Balaban J connectivity index is 2.17. The summed E-state index contributed by atoms with van der Waals surface area (Å²) in [6, 6.07) is 8.51. The van der Waals surface area contributed by atoms with E-state index in [0.717, 1.165) is 5.56 Å². The predicted octanol–water partition coefficient (Wildman–Crippen LogP) is 3.35. The average Bonchev–Trinajstić information content (AvgIpc) is 3.31. The molecule has 1 amide bonds. The fraction of sp³-hybridized carbons (Fsp3) is 0.261. The van der Waals surface area contributed by atoms with Crippen LogP contribution in [0.25, 0.3) is 16.7 Å². The van der Waals surface area contributed by atoms with E-state index in [9.17, 15) is 14.4 Å². The van der Waals surface area contributed by atoms with Gasteiger partial charge in [0.2, 0.25) is 0 Å². The Morgan fingerprint density at radius 3 is 2.69 bits per heavy atom. The lowest BCUT2D eigenvalue weighted by Crippen LogP contribution is -2.32. The first-order valence-electron chi connectivity index (χ1n) is 10.3. The first kappa shape index (κ1) is 21.6. The highest BCUT2D eigenvalue weighted by atomic mass is 32.1. The summed E-state index contributed by atoms with van der Waals surface area (Å²) >= 11 is 1.27. The summed E-state index contributed by atoms with van der Waals surface area (Å²) in [7, 11) is 0. The van der Waals surface area contributed by atoms with E-state index in [-0.39, 0.29) is 28.6 Å². The van der Waals surface area contributed by atoms with Crippen molar-refractivity contribution in [3.05, 3.63) is 73.8 Å². The number of nitrogens with zero attached hydrogens (tertiary/aromatic N) is 4. The highest BCUT2D eigenvalue weighted by molar-refractivity contribution is 7.12. The number of fused-ring (bicyclic) bond motifs is 2. The Morgan fingerprint density at radius 1 is 1.19 bits per heavy atom. The molecule has 0 aromatic carbocycles. The van der Waals surface area contributed by atoms with Crippen molar-refractivity contribution in [3.63, 3.8) is 0 Å². The van der Waals surface area contributed by atoms with Gasteiger partial charge in [-0.1, -0.05) is 19.1 Å². The standard InChI is InChI=1S/C23H22N4O4S/c1-4-10-26-19-15(22(29)27-11-6-8-14(3)18(27)24-19)13-16(23(30)31-5-2)20(26)25-21(28)17-9-7-12-32-17/h6-9,11-13H,4-5,10H2,1-3H3. The Bertz CT molecular complexity index is 1470. The molecule has 8 nitrogen and oxygen atoms in total. The topological polar surface area (TPSA) is 95.0 Å². The second kappa shape index (κ2) is 8.88. The molecular formula is C23H22N4O4S. The zero-order chi connectivity index (χ0) is 22.8. The zero-order valence-electron chi connectivity index (χ0n) is 18.0. The maximum absolute atomic E-state index is 13.3. The van der Waals surface area contributed by atoms with E-state index in [0.29, 0.717) is 29.1 Å². The van der Waals surface area contributed by atoms with E-state index < -0.39 is 11.9 Å². The predicted molar refractivity (Wildman–Crippen MR) is 122 cm³/mol. The Hall–Kier alpha value is -3.59. The molecule has 32 heavy (non-hydrogen) atoms. The molecule has 4 aromatic heterocycles. The Kier molecular flexibility index (Phi) is 6.00. The molecule has 0 radical (unpaired) electrons. The summed E-state index contributed by atoms with van der Waals surface area (Å²) in [6.07, 6.45) is 2.32. The van der Waals surface area contributed by atoms with E-state index in [1.807, 2.05) is 19.9 Å². The minimum Gasteiger partial charge on any atom is -0.462 e. The van der Waals surface area contributed by atoms with Gasteiger partial charge in [-0.25, -0.2) is 9.78 Å². The van der Waals surface area contributed by atoms with E-state index >= 15 is 0 Å². The number of carbonyl (C=O) groups is 2. The van der Waals surface area contributed by atoms with Crippen LogP contribution in [0.1, 0.15) is 45.9 Å². The molecule has 9 heteroatoms. The molecule has 0 N–H and O–H groups in total. The maximum Gasteiger partial charge on any atom is 0.341 e. The fourth-order valence-electron chi connectivity index (χ4n) is 3.55. The second-order valence-corrected chi connectivity index (χ2v) is 8.13. The van der Waals surface area contributed by atoms with Gasteiger partial charge in [-0.2, -0.15) is 4.99 Å². The number of esters is 1. The molecule has 4 heterocycles. The van der Waals surface area contributed by atoms with E-state index in [2.05, 4.69) is 4.99 Å². The number of aryl methyl sites for hydroxylation is 2. The van der Waals surface area contributed by atoms with Crippen LogP contribution in [0.5, 0.6) is 0 Å². The van der Waals surface area contributed by atoms with Gasteiger partial charge in [0.1, 0.15) is 16.9 Å². The van der Waals surface area contributed by atoms with Gasteiger partial charge in [0.15, 0.2) is 5.49 Å². The molecule has 4 rings (SSSR count). The van der Waals surface area contributed by atoms with Crippen molar-refractivity contribution in [1.29, 1.82) is 0 Å². The maximum atomic E-state index is 13.3. The quantitative estimate of drug-likeness (QED) is 0.343. The number of aromatic nitrogens is 3. The lowest BCUT2D eigenvalue weighted by Gasteiger charge is -2.15. The van der Waals surface area contributed by atoms with Gasteiger partial charge in [-0.15, -0.1) is 11.3 Å². The highest BCUT2D eigenvalue weighted by Crippen LogP contribution is 2.15. The van der Waals surface area contributed by atoms with Gasteiger partial charge in [-0.05, 0) is 49.4 Å². The number of rotatable bonds is 5. The van der Waals surface area contributed by atoms with Gasteiger partial charge >= 0.3 is 5.97 Å². The summed E-state index contributed by atoms with van der Waals surface area (Å²) in [4.78, 5) is 48.4. The average molecular weight is 451 g/mol. The van der Waals surface area contributed by atoms with Crippen molar-refractivity contribution in [2.24, 2.45) is 4.99 Å². The summed E-state index contributed by atoms with van der Waals surface area (Å²) in [5, 5.41) is 2.04. The lowest BCUT2D eigenvalue weighted by atomic mass is 10.2. The number of pyridine rings is 2. The third-order valence-electron chi connectivity index (χ3n) is 4.99. The zero-order valence-corrected chi connectivity index (χ0v) is 18.8. The van der Waals surface area contributed by atoms with Crippen LogP contribution in [0.3, 0.4) is 0 Å². The van der Waals surface area contributed by atoms with Crippen LogP contribution in [0, 0.1) is 6.92 Å².